The van der Waals surface area contributed by atoms with E-state index in [1.54, 1.807) is 7.11 Å². The van der Waals surface area contributed by atoms with Crippen LogP contribution in [0.4, 0.5) is 0 Å². The smallest absolute Gasteiger partial charge is 0.174 e. The highest BCUT2D eigenvalue weighted by atomic mass is 16.5. The van der Waals surface area contributed by atoms with Crippen LogP contribution in [0.3, 0.4) is 0 Å². The highest BCUT2D eigenvalue weighted by Gasteiger charge is 2.06. The van der Waals surface area contributed by atoms with Crippen LogP contribution in [0.2, 0.25) is 0 Å². The fraction of sp³-hybridized carbons (Fsp3) is 0.471. The molecule has 1 aromatic carbocycles. The minimum absolute atomic E-state index is 0.0634. The van der Waals surface area contributed by atoms with Crippen LogP contribution in [0.5, 0.6) is 5.75 Å². The van der Waals surface area contributed by atoms with Gasteiger partial charge in [-0.25, -0.2) is 0 Å². The van der Waals surface area contributed by atoms with Crippen molar-refractivity contribution in [3.63, 3.8) is 0 Å². The Morgan fingerprint density at radius 1 is 1.38 bits per heavy atom. The molecule has 0 aromatic heterocycles. The SMILES string of the molecule is COCCNCC(=Cc1ccccc1OCC#N)C(C)C. The predicted octanol–water partition coefficient (Wildman–Crippen LogP) is 2.86. The molecule has 0 spiro atoms. The zero-order chi connectivity index (χ0) is 15.5. The summed E-state index contributed by atoms with van der Waals surface area (Å²) >= 11 is 0. The van der Waals surface area contributed by atoms with Crippen LogP contribution in [0.1, 0.15) is 19.4 Å². The molecule has 21 heavy (non-hydrogen) atoms. The van der Waals surface area contributed by atoms with E-state index in [0.29, 0.717) is 12.5 Å². The third kappa shape index (κ3) is 6.44. The lowest BCUT2D eigenvalue weighted by Crippen LogP contribution is -2.23. The lowest BCUT2D eigenvalue weighted by molar-refractivity contribution is 0.200. The van der Waals surface area contributed by atoms with Gasteiger partial charge in [-0.1, -0.05) is 43.7 Å². The molecule has 0 aliphatic rings. The van der Waals surface area contributed by atoms with E-state index in [0.717, 1.165) is 24.4 Å². The Kier molecular flexibility index (Phi) is 8.18. The Labute approximate surface area is 127 Å². The first-order valence-electron chi connectivity index (χ1n) is 7.18. The fourth-order valence-electron chi connectivity index (χ4n) is 1.87. The highest BCUT2D eigenvalue weighted by molar-refractivity contribution is 5.60. The van der Waals surface area contributed by atoms with Gasteiger partial charge < -0.3 is 14.8 Å². The standard InChI is InChI=1S/C17H24N2O2/c1-14(2)16(13-19-9-11-20-3)12-15-6-4-5-7-17(15)21-10-8-18/h4-7,12,14,19H,9-11,13H2,1-3H3. The number of hydrogen-bond acceptors (Lipinski definition) is 4. The maximum atomic E-state index is 8.64. The number of para-hydroxylation sites is 1. The molecule has 114 valence electrons. The molecule has 4 nitrogen and oxygen atoms in total. The first-order valence-corrected chi connectivity index (χ1v) is 7.18. The van der Waals surface area contributed by atoms with E-state index in [1.807, 2.05) is 30.3 Å². The van der Waals surface area contributed by atoms with Gasteiger partial charge in [0.15, 0.2) is 6.61 Å². The number of nitrogens with zero attached hydrogens (tertiary/aromatic N) is 1. The maximum Gasteiger partial charge on any atom is 0.174 e. The zero-order valence-electron chi connectivity index (χ0n) is 13.1. The molecule has 0 bridgehead atoms. The molecular weight excluding hydrogens is 264 g/mol. The van der Waals surface area contributed by atoms with Crippen LogP contribution in [-0.2, 0) is 4.74 Å². The van der Waals surface area contributed by atoms with Gasteiger partial charge in [-0.05, 0) is 12.0 Å². The van der Waals surface area contributed by atoms with Crippen LogP contribution < -0.4 is 10.1 Å². The second-order valence-corrected chi connectivity index (χ2v) is 5.03. The van der Waals surface area contributed by atoms with Crippen molar-refractivity contribution >= 4 is 6.08 Å². The third-order valence-electron chi connectivity index (χ3n) is 3.11. The lowest BCUT2D eigenvalue weighted by Gasteiger charge is -2.14. The Morgan fingerprint density at radius 2 is 2.14 bits per heavy atom. The maximum absolute atomic E-state index is 8.64. The Bertz CT molecular complexity index is 490. The van der Waals surface area contributed by atoms with E-state index in [1.165, 1.54) is 5.57 Å². The van der Waals surface area contributed by atoms with Gasteiger partial charge in [-0.3, -0.25) is 0 Å². The molecule has 4 heteroatoms. The third-order valence-corrected chi connectivity index (χ3v) is 3.11. The van der Waals surface area contributed by atoms with Gasteiger partial charge in [-0.15, -0.1) is 0 Å². The Morgan fingerprint density at radius 3 is 2.81 bits per heavy atom. The minimum Gasteiger partial charge on any atom is -0.478 e. The number of hydrogen-bond donors (Lipinski definition) is 1. The second kappa shape index (κ2) is 9.98. The molecule has 0 unspecified atom stereocenters. The fourth-order valence-corrected chi connectivity index (χ4v) is 1.87. The van der Waals surface area contributed by atoms with Crippen LogP contribution in [0.25, 0.3) is 6.08 Å². The second-order valence-electron chi connectivity index (χ2n) is 5.03. The highest BCUT2D eigenvalue weighted by Crippen LogP contribution is 2.23. The van der Waals surface area contributed by atoms with Gasteiger partial charge >= 0.3 is 0 Å². The number of benzene rings is 1. The van der Waals surface area contributed by atoms with Crippen LogP contribution >= 0.6 is 0 Å². The summed E-state index contributed by atoms with van der Waals surface area (Å²) in [5.74, 6) is 1.18. The number of nitriles is 1. The summed E-state index contributed by atoms with van der Waals surface area (Å²) in [4.78, 5) is 0. The predicted molar refractivity (Wildman–Crippen MR) is 85.1 cm³/mol. The summed E-state index contributed by atoms with van der Waals surface area (Å²) in [6.07, 6.45) is 2.14. The van der Waals surface area contributed by atoms with Crippen molar-refractivity contribution in [2.75, 3.05) is 33.4 Å². The Balaban J connectivity index is 2.82. The summed E-state index contributed by atoms with van der Waals surface area (Å²) in [6.45, 7) is 6.74. The van der Waals surface area contributed by atoms with Gasteiger partial charge in [0.25, 0.3) is 0 Å². The molecule has 1 N–H and O–H groups in total. The van der Waals surface area contributed by atoms with Crippen LogP contribution in [-0.4, -0.2) is 33.4 Å². The average molecular weight is 288 g/mol. The van der Waals surface area contributed by atoms with Gasteiger partial charge in [0.1, 0.15) is 11.8 Å². The molecule has 0 atom stereocenters. The molecule has 0 aliphatic carbocycles. The minimum atomic E-state index is 0.0634. The molecule has 0 aliphatic heterocycles. The van der Waals surface area contributed by atoms with E-state index in [4.69, 9.17) is 14.7 Å². The quantitative estimate of drug-likeness (QED) is 0.710. The molecular formula is C17H24N2O2. The Hall–Kier alpha value is -1.83. The molecule has 0 radical (unpaired) electrons. The van der Waals surface area contributed by atoms with Crippen molar-refractivity contribution in [2.24, 2.45) is 5.92 Å². The van der Waals surface area contributed by atoms with Crippen molar-refractivity contribution in [3.8, 4) is 11.8 Å². The van der Waals surface area contributed by atoms with Crippen molar-refractivity contribution in [2.45, 2.75) is 13.8 Å². The van der Waals surface area contributed by atoms with Crippen molar-refractivity contribution in [1.82, 2.24) is 5.32 Å². The van der Waals surface area contributed by atoms with E-state index in [9.17, 15) is 0 Å². The van der Waals surface area contributed by atoms with Crippen LogP contribution in [0, 0.1) is 17.2 Å². The molecule has 0 fully saturated rings. The summed E-state index contributed by atoms with van der Waals surface area (Å²) in [5.41, 5.74) is 2.30. The van der Waals surface area contributed by atoms with Crippen molar-refractivity contribution < 1.29 is 9.47 Å². The van der Waals surface area contributed by atoms with Crippen molar-refractivity contribution in [3.05, 3.63) is 35.4 Å². The van der Waals surface area contributed by atoms with Gasteiger partial charge in [0.05, 0.1) is 6.61 Å². The van der Waals surface area contributed by atoms with E-state index < -0.39 is 0 Å². The summed E-state index contributed by atoms with van der Waals surface area (Å²) in [5, 5.41) is 12.0. The zero-order valence-corrected chi connectivity index (χ0v) is 13.1. The number of ether oxygens (including phenoxy) is 2. The van der Waals surface area contributed by atoms with Crippen LogP contribution in [0.15, 0.2) is 29.8 Å². The molecule has 1 rings (SSSR count). The largest absolute Gasteiger partial charge is 0.478 e. The number of nitrogens with one attached hydrogen (secondary N) is 1. The van der Waals surface area contributed by atoms with Gasteiger partial charge in [0, 0.05) is 25.8 Å². The lowest BCUT2D eigenvalue weighted by atomic mass is 10.00. The number of rotatable bonds is 9. The molecule has 0 saturated heterocycles. The monoisotopic (exact) mass is 288 g/mol. The van der Waals surface area contributed by atoms with Gasteiger partial charge in [0.2, 0.25) is 0 Å². The molecule has 1 aromatic rings. The summed E-state index contributed by atoms with van der Waals surface area (Å²) < 4.78 is 10.5. The van der Waals surface area contributed by atoms with Crippen molar-refractivity contribution in [1.29, 1.82) is 5.26 Å². The first kappa shape index (κ1) is 17.2. The van der Waals surface area contributed by atoms with E-state index in [2.05, 4.69) is 25.2 Å². The van der Waals surface area contributed by atoms with Gasteiger partial charge in [-0.2, -0.15) is 5.26 Å². The molecule has 0 saturated carbocycles. The van der Waals surface area contributed by atoms with E-state index >= 15 is 0 Å². The normalized spacial score (nSPS) is 11.5. The first-order chi connectivity index (χ1) is 10.2. The topological polar surface area (TPSA) is 54.3 Å². The summed E-state index contributed by atoms with van der Waals surface area (Å²) in [6, 6.07) is 9.78. The molecule has 0 heterocycles. The number of methoxy groups -OCH3 is 1. The van der Waals surface area contributed by atoms with E-state index in [-0.39, 0.29) is 6.61 Å². The summed E-state index contributed by atoms with van der Waals surface area (Å²) in [7, 11) is 1.70. The molecule has 0 amide bonds. The average Bonchev–Trinajstić information content (AvgIpc) is 2.49.